The van der Waals surface area contributed by atoms with Gasteiger partial charge in [0.15, 0.2) is 0 Å². The van der Waals surface area contributed by atoms with Crippen LogP contribution in [0.5, 0.6) is 0 Å². The van der Waals surface area contributed by atoms with E-state index in [4.69, 9.17) is 5.73 Å². The zero-order valence-electron chi connectivity index (χ0n) is 14.1. The molecule has 1 aliphatic rings. The Morgan fingerprint density at radius 3 is 2.43 bits per heavy atom. The molecule has 1 heterocycles. The van der Waals surface area contributed by atoms with Crippen LogP contribution < -0.4 is 5.73 Å². The predicted octanol–water partition coefficient (Wildman–Crippen LogP) is 1.92. The first-order chi connectivity index (χ1) is 10.3. The number of piperidine rings is 1. The fourth-order valence-corrected chi connectivity index (χ4v) is 4.44. The molecule has 2 unspecified atom stereocenters. The molecule has 0 spiro atoms. The number of hydrogen-bond donors (Lipinski definition) is 1. The summed E-state index contributed by atoms with van der Waals surface area (Å²) in [5.74, 6) is 0.247. The molecule has 0 aromatic heterocycles. The minimum Gasteiger partial charge on any atom is -0.328 e. The molecule has 0 bridgehead atoms. The Bertz CT molecular complexity index is 588. The van der Waals surface area contributed by atoms with Crippen molar-refractivity contribution in [3.05, 3.63) is 29.8 Å². The molecule has 2 rings (SSSR count). The van der Waals surface area contributed by atoms with Gasteiger partial charge in [0.05, 0.1) is 4.90 Å². The second-order valence-electron chi connectivity index (χ2n) is 6.51. The summed E-state index contributed by atoms with van der Waals surface area (Å²) in [6.07, 6.45) is 1.88. The van der Waals surface area contributed by atoms with Crippen molar-refractivity contribution in [1.82, 2.24) is 9.21 Å². The van der Waals surface area contributed by atoms with Gasteiger partial charge in [0.2, 0.25) is 10.0 Å². The molecule has 0 aliphatic carbocycles. The van der Waals surface area contributed by atoms with E-state index in [0.29, 0.717) is 18.0 Å². The van der Waals surface area contributed by atoms with Crippen molar-refractivity contribution in [2.24, 2.45) is 11.7 Å². The maximum absolute atomic E-state index is 12.8. The van der Waals surface area contributed by atoms with Crippen LogP contribution in [-0.4, -0.2) is 50.8 Å². The SMILES string of the molecule is CC(N)C1CCCN(S(=O)(=O)c2ccc(CN(C)C)cc2)C1.Cl. The standard InChI is InChI=1S/C16H27N3O2S.ClH/c1-13(17)15-5-4-10-19(12-15)22(20,21)16-8-6-14(7-9-16)11-18(2)3;/h6-9,13,15H,4-5,10-12,17H2,1-3H3;1H. The molecule has 0 radical (unpaired) electrons. The monoisotopic (exact) mass is 361 g/mol. The fraction of sp³-hybridized carbons (Fsp3) is 0.625. The molecule has 23 heavy (non-hydrogen) atoms. The highest BCUT2D eigenvalue weighted by molar-refractivity contribution is 7.89. The second kappa shape index (κ2) is 8.44. The Balaban J connectivity index is 0.00000264. The number of halogens is 1. The largest absolute Gasteiger partial charge is 0.328 e. The molecule has 5 nitrogen and oxygen atoms in total. The average Bonchev–Trinajstić information content (AvgIpc) is 2.47. The third-order valence-corrected chi connectivity index (χ3v) is 6.10. The van der Waals surface area contributed by atoms with E-state index in [1.165, 1.54) is 0 Å². The van der Waals surface area contributed by atoms with E-state index in [2.05, 4.69) is 4.90 Å². The highest BCUT2D eigenvalue weighted by atomic mass is 35.5. The van der Waals surface area contributed by atoms with Gasteiger partial charge in [0.25, 0.3) is 0 Å². The Labute approximate surface area is 146 Å². The van der Waals surface area contributed by atoms with Gasteiger partial charge in [-0.05, 0) is 57.5 Å². The van der Waals surface area contributed by atoms with Gasteiger partial charge >= 0.3 is 0 Å². The first-order valence-corrected chi connectivity index (χ1v) is 9.24. The predicted molar refractivity (Wildman–Crippen MR) is 96.2 cm³/mol. The lowest BCUT2D eigenvalue weighted by molar-refractivity contribution is 0.243. The van der Waals surface area contributed by atoms with E-state index >= 15 is 0 Å². The molecular formula is C16H28ClN3O2S. The third-order valence-electron chi connectivity index (χ3n) is 4.22. The summed E-state index contributed by atoms with van der Waals surface area (Å²) in [5, 5.41) is 0. The zero-order valence-corrected chi connectivity index (χ0v) is 15.7. The Kier molecular flexibility index (Phi) is 7.48. The van der Waals surface area contributed by atoms with Crippen LogP contribution in [-0.2, 0) is 16.6 Å². The zero-order chi connectivity index (χ0) is 16.3. The molecular weight excluding hydrogens is 334 g/mol. The van der Waals surface area contributed by atoms with Crippen LogP contribution in [0.2, 0.25) is 0 Å². The van der Waals surface area contributed by atoms with Crippen LogP contribution in [0.3, 0.4) is 0 Å². The number of sulfonamides is 1. The smallest absolute Gasteiger partial charge is 0.243 e. The van der Waals surface area contributed by atoms with Crippen LogP contribution in [0.4, 0.5) is 0 Å². The molecule has 2 atom stereocenters. The van der Waals surface area contributed by atoms with Crippen LogP contribution in [0.1, 0.15) is 25.3 Å². The molecule has 7 heteroatoms. The number of nitrogens with two attached hydrogens (primary N) is 1. The normalized spacial score (nSPS) is 21.0. The summed E-state index contributed by atoms with van der Waals surface area (Å²) < 4.78 is 27.1. The lowest BCUT2D eigenvalue weighted by Crippen LogP contribution is -2.44. The summed E-state index contributed by atoms with van der Waals surface area (Å²) >= 11 is 0. The van der Waals surface area contributed by atoms with Crippen molar-refractivity contribution < 1.29 is 8.42 Å². The number of rotatable bonds is 5. The van der Waals surface area contributed by atoms with E-state index in [0.717, 1.165) is 24.9 Å². The molecule has 0 saturated carbocycles. The van der Waals surface area contributed by atoms with Gasteiger partial charge in [-0.15, -0.1) is 12.4 Å². The van der Waals surface area contributed by atoms with E-state index in [1.807, 2.05) is 33.2 Å². The lowest BCUT2D eigenvalue weighted by atomic mass is 9.93. The van der Waals surface area contributed by atoms with Crippen molar-refractivity contribution in [1.29, 1.82) is 0 Å². The fourth-order valence-electron chi connectivity index (χ4n) is 2.90. The summed E-state index contributed by atoms with van der Waals surface area (Å²) in [5.41, 5.74) is 7.06. The van der Waals surface area contributed by atoms with Crippen molar-refractivity contribution in [2.45, 2.75) is 37.2 Å². The number of benzene rings is 1. The van der Waals surface area contributed by atoms with Gasteiger partial charge in [0.1, 0.15) is 0 Å². The van der Waals surface area contributed by atoms with Crippen molar-refractivity contribution in [3.63, 3.8) is 0 Å². The van der Waals surface area contributed by atoms with E-state index in [1.54, 1.807) is 16.4 Å². The molecule has 1 aliphatic heterocycles. The van der Waals surface area contributed by atoms with E-state index in [-0.39, 0.29) is 24.4 Å². The van der Waals surface area contributed by atoms with Crippen molar-refractivity contribution in [3.8, 4) is 0 Å². The van der Waals surface area contributed by atoms with Crippen LogP contribution >= 0.6 is 12.4 Å². The minimum atomic E-state index is -3.41. The Morgan fingerprint density at radius 1 is 1.30 bits per heavy atom. The highest BCUT2D eigenvalue weighted by Crippen LogP contribution is 2.25. The molecule has 1 saturated heterocycles. The van der Waals surface area contributed by atoms with Crippen LogP contribution in [0.15, 0.2) is 29.2 Å². The quantitative estimate of drug-likeness (QED) is 0.870. The van der Waals surface area contributed by atoms with Gasteiger partial charge < -0.3 is 10.6 Å². The first-order valence-electron chi connectivity index (χ1n) is 7.80. The molecule has 2 N–H and O–H groups in total. The van der Waals surface area contributed by atoms with E-state index < -0.39 is 10.0 Å². The molecule has 0 amide bonds. The maximum Gasteiger partial charge on any atom is 0.243 e. The lowest BCUT2D eigenvalue weighted by Gasteiger charge is -2.33. The Morgan fingerprint density at radius 2 is 1.91 bits per heavy atom. The van der Waals surface area contributed by atoms with Gasteiger partial charge in [-0.3, -0.25) is 0 Å². The molecule has 1 aromatic rings. The maximum atomic E-state index is 12.8. The number of hydrogen-bond acceptors (Lipinski definition) is 4. The minimum absolute atomic E-state index is 0. The second-order valence-corrected chi connectivity index (χ2v) is 8.44. The van der Waals surface area contributed by atoms with Gasteiger partial charge in [-0.2, -0.15) is 4.31 Å². The topological polar surface area (TPSA) is 66.6 Å². The van der Waals surface area contributed by atoms with Crippen LogP contribution in [0, 0.1) is 5.92 Å². The van der Waals surface area contributed by atoms with Gasteiger partial charge in [-0.1, -0.05) is 12.1 Å². The van der Waals surface area contributed by atoms with E-state index in [9.17, 15) is 8.42 Å². The number of nitrogens with zero attached hydrogens (tertiary/aromatic N) is 2. The third kappa shape index (κ3) is 5.16. The summed E-state index contributed by atoms with van der Waals surface area (Å²) in [6, 6.07) is 7.23. The van der Waals surface area contributed by atoms with Crippen molar-refractivity contribution >= 4 is 22.4 Å². The summed E-state index contributed by atoms with van der Waals surface area (Å²) in [7, 11) is 0.576. The molecule has 1 aromatic carbocycles. The molecule has 1 fully saturated rings. The summed E-state index contributed by atoms with van der Waals surface area (Å²) in [4.78, 5) is 2.43. The molecule has 132 valence electrons. The summed E-state index contributed by atoms with van der Waals surface area (Å²) in [6.45, 7) is 3.87. The van der Waals surface area contributed by atoms with Crippen LogP contribution in [0.25, 0.3) is 0 Å². The van der Waals surface area contributed by atoms with Gasteiger partial charge in [0, 0.05) is 25.7 Å². The highest BCUT2D eigenvalue weighted by Gasteiger charge is 2.31. The van der Waals surface area contributed by atoms with Crippen molar-refractivity contribution in [2.75, 3.05) is 27.2 Å². The van der Waals surface area contributed by atoms with Gasteiger partial charge in [-0.25, -0.2) is 8.42 Å². The Hall–Kier alpha value is -0.660. The first kappa shape index (κ1) is 20.4. The average molecular weight is 362 g/mol.